The van der Waals surface area contributed by atoms with E-state index in [4.69, 9.17) is 9.97 Å². The maximum atomic E-state index is 4.99. The smallest absolute Gasteiger partial charge is 0.109 e. The van der Waals surface area contributed by atoms with Gasteiger partial charge in [0.05, 0.1) is 21.3 Å². The number of rotatable bonds is 3. The van der Waals surface area contributed by atoms with Crippen LogP contribution in [-0.2, 0) is 6.42 Å². The lowest BCUT2D eigenvalue weighted by Crippen LogP contribution is -1.88. The van der Waals surface area contributed by atoms with E-state index in [0.29, 0.717) is 5.92 Å². The lowest BCUT2D eigenvalue weighted by atomic mass is 9.95. The summed E-state index contributed by atoms with van der Waals surface area (Å²) in [6, 6.07) is 26.8. The molecule has 0 unspecified atom stereocenters. The monoisotopic (exact) mass is 510 g/mol. The van der Waals surface area contributed by atoms with Crippen LogP contribution in [0.3, 0.4) is 0 Å². The highest BCUT2D eigenvalue weighted by molar-refractivity contribution is 7.26. The molecule has 0 aliphatic heterocycles. The summed E-state index contributed by atoms with van der Waals surface area (Å²) in [4.78, 5) is 17.0. The molecule has 0 aliphatic rings. The summed E-state index contributed by atoms with van der Waals surface area (Å²) in [6.45, 7) is 6.51. The minimum Gasteiger partial charge on any atom is -0.342 e. The maximum absolute atomic E-state index is 4.99. The van der Waals surface area contributed by atoms with Crippen molar-refractivity contribution in [2.75, 3.05) is 0 Å². The van der Waals surface area contributed by atoms with Crippen molar-refractivity contribution in [3.05, 3.63) is 84.4 Å². The molecular formula is C33H26N4S. The molecule has 38 heavy (non-hydrogen) atoms. The van der Waals surface area contributed by atoms with E-state index in [9.17, 15) is 0 Å². The van der Waals surface area contributed by atoms with E-state index in [1.165, 1.54) is 52.8 Å². The molecule has 5 aromatic carbocycles. The molecule has 0 amide bonds. The molecule has 0 spiro atoms. The van der Waals surface area contributed by atoms with Crippen molar-refractivity contribution < 1.29 is 0 Å². The van der Waals surface area contributed by atoms with Crippen molar-refractivity contribution in [1.82, 2.24) is 19.9 Å². The third-order valence-electron chi connectivity index (χ3n) is 7.84. The maximum Gasteiger partial charge on any atom is 0.109 e. The van der Waals surface area contributed by atoms with Crippen LogP contribution in [0, 0.1) is 0 Å². The van der Waals surface area contributed by atoms with E-state index in [1.54, 1.807) is 0 Å². The third kappa shape index (κ3) is 3.02. The van der Waals surface area contributed by atoms with E-state index in [2.05, 4.69) is 104 Å². The Labute approximate surface area is 223 Å². The van der Waals surface area contributed by atoms with E-state index in [1.807, 2.05) is 11.3 Å². The van der Waals surface area contributed by atoms with Gasteiger partial charge < -0.3 is 9.97 Å². The van der Waals surface area contributed by atoms with Gasteiger partial charge in [0.1, 0.15) is 17.2 Å². The number of H-pyrrole nitrogens is 2. The topological polar surface area (TPSA) is 57.4 Å². The fourth-order valence-corrected chi connectivity index (χ4v) is 7.08. The Morgan fingerprint density at radius 1 is 0.711 bits per heavy atom. The van der Waals surface area contributed by atoms with Crippen LogP contribution in [0.15, 0.2) is 72.8 Å². The van der Waals surface area contributed by atoms with E-state index < -0.39 is 0 Å². The summed E-state index contributed by atoms with van der Waals surface area (Å²) in [7, 11) is 0. The fraction of sp³-hybridized carbons (Fsp3) is 0.152. The zero-order chi connectivity index (χ0) is 25.5. The number of fused-ring (bicyclic) bond motifs is 11. The first-order valence-corrected chi connectivity index (χ1v) is 14.1. The first kappa shape index (κ1) is 21.8. The summed E-state index contributed by atoms with van der Waals surface area (Å²) in [6.07, 6.45) is 0.908. The Kier molecular flexibility index (Phi) is 4.53. The predicted molar refractivity (Wildman–Crippen MR) is 163 cm³/mol. The first-order valence-electron chi connectivity index (χ1n) is 13.3. The second-order valence-corrected chi connectivity index (χ2v) is 11.5. The SMILES string of the molecule is CCc1nc2c(ccc3c4ccc(-c5ccc6c(c5)c5ccccc5c5nc(C(C)C)[nH]c65)cc4sc32)[nH]1. The Hall–Kier alpha value is -4.22. The van der Waals surface area contributed by atoms with Gasteiger partial charge in [0.2, 0.25) is 0 Å². The number of nitrogens with zero attached hydrogens (tertiary/aromatic N) is 2. The number of nitrogens with one attached hydrogen (secondary N) is 2. The minimum atomic E-state index is 0.347. The highest BCUT2D eigenvalue weighted by atomic mass is 32.1. The van der Waals surface area contributed by atoms with Gasteiger partial charge in [-0.3, -0.25) is 0 Å². The molecule has 3 aromatic heterocycles. The van der Waals surface area contributed by atoms with Gasteiger partial charge >= 0.3 is 0 Å². The van der Waals surface area contributed by atoms with Crippen molar-refractivity contribution in [2.45, 2.75) is 33.1 Å². The molecule has 8 aromatic rings. The van der Waals surface area contributed by atoms with Crippen LogP contribution in [0.5, 0.6) is 0 Å². The van der Waals surface area contributed by atoms with Crippen LogP contribution in [0.4, 0.5) is 0 Å². The average molecular weight is 511 g/mol. The molecule has 5 heteroatoms. The number of aryl methyl sites for hydroxylation is 1. The van der Waals surface area contributed by atoms with Gasteiger partial charge in [-0.1, -0.05) is 75.4 Å². The van der Waals surface area contributed by atoms with Crippen LogP contribution in [-0.4, -0.2) is 19.9 Å². The Morgan fingerprint density at radius 2 is 1.47 bits per heavy atom. The van der Waals surface area contributed by atoms with Crippen molar-refractivity contribution in [3.63, 3.8) is 0 Å². The molecule has 0 saturated carbocycles. The first-order chi connectivity index (χ1) is 18.6. The average Bonchev–Trinajstić information content (AvgIpc) is 3.67. The van der Waals surface area contributed by atoms with Gasteiger partial charge in [-0.15, -0.1) is 11.3 Å². The van der Waals surface area contributed by atoms with E-state index >= 15 is 0 Å². The summed E-state index contributed by atoms with van der Waals surface area (Å²) in [5.41, 5.74) is 6.85. The van der Waals surface area contributed by atoms with E-state index in [0.717, 1.165) is 40.1 Å². The van der Waals surface area contributed by atoms with Crippen molar-refractivity contribution in [3.8, 4) is 11.1 Å². The number of aromatic amines is 2. The predicted octanol–water partition coefficient (Wildman–Crippen LogP) is 9.47. The molecule has 3 heterocycles. The number of thiophene rings is 1. The molecule has 0 fully saturated rings. The second kappa shape index (κ2) is 7.89. The van der Waals surface area contributed by atoms with Crippen LogP contribution < -0.4 is 0 Å². The van der Waals surface area contributed by atoms with Crippen molar-refractivity contribution in [1.29, 1.82) is 0 Å². The zero-order valence-corrected chi connectivity index (χ0v) is 22.3. The summed E-state index contributed by atoms with van der Waals surface area (Å²) >= 11 is 1.84. The van der Waals surface area contributed by atoms with Gasteiger partial charge in [-0.05, 0) is 40.1 Å². The highest BCUT2D eigenvalue weighted by Gasteiger charge is 2.16. The number of hydrogen-bond acceptors (Lipinski definition) is 3. The number of aromatic nitrogens is 4. The molecular weight excluding hydrogens is 484 g/mol. The fourth-order valence-electron chi connectivity index (χ4n) is 5.85. The van der Waals surface area contributed by atoms with Crippen molar-refractivity contribution in [2.24, 2.45) is 0 Å². The third-order valence-corrected chi connectivity index (χ3v) is 9.01. The van der Waals surface area contributed by atoms with Gasteiger partial charge in [0, 0.05) is 38.6 Å². The largest absolute Gasteiger partial charge is 0.342 e. The Bertz CT molecular complexity index is 2210. The summed E-state index contributed by atoms with van der Waals surface area (Å²) in [5, 5.41) is 7.50. The molecule has 0 radical (unpaired) electrons. The molecule has 184 valence electrons. The van der Waals surface area contributed by atoms with Crippen LogP contribution in [0.25, 0.3) is 74.9 Å². The quantitative estimate of drug-likeness (QED) is 0.233. The van der Waals surface area contributed by atoms with E-state index in [-0.39, 0.29) is 0 Å². The zero-order valence-electron chi connectivity index (χ0n) is 21.5. The summed E-state index contributed by atoms with van der Waals surface area (Å²) < 4.78 is 2.55. The normalized spacial score (nSPS) is 12.4. The standard InChI is InChI=1S/C33H26N4S/c1-4-28-34-26-14-13-24-21-11-9-19(16-27(21)38-32(24)31(26)35-28)18-10-12-23-25(15-18)20-7-5-6-8-22(20)29-30(23)37-33(36-29)17(2)3/h5-17H,4H2,1-3H3,(H,34,35)(H,36,37). The molecule has 2 N–H and O–H groups in total. The number of imidazole rings is 2. The van der Waals surface area contributed by atoms with Gasteiger partial charge in [0.15, 0.2) is 0 Å². The molecule has 0 aliphatic carbocycles. The molecule has 4 nitrogen and oxygen atoms in total. The summed E-state index contributed by atoms with van der Waals surface area (Å²) in [5.74, 6) is 2.43. The minimum absolute atomic E-state index is 0.347. The van der Waals surface area contributed by atoms with Gasteiger partial charge in [-0.25, -0.2) is 9.97 Å². The highest BCUT2D eigenvalue weighted by Crippen LogP contribution is 2.41. The molecule has 0 bridgehead atoms. The van der Waals surface area contributed by atoms with Crippen molar-refractivity contribution >= 4 is 75.1 Å². The molecule has 0 atom stereocenters. The van der Waals surface area contributed by atoms with Gasteiger partial charge in [0.25, 0.3) is 0 Å². The number of benzene rings is 5. The Balaban J connectivity index is 1.35. The van der Waals surface area contributed by atoms with Crippen LogP contribution in [0.1, 0.15) is 38.3 Å². The molecule has 0 saturated heterocycles. The molecule has 8 rings (SSSR count). The lowest BCUT2D eigenvalue weighted by Gasteiger charge is -2.09. The second-order valence-electron chi connectivity index (χ2n) is 10.5. The lowest BCUT2D eigenvalue weighted by molar-refractivity contribution is 0.799. The Morgan fingerprint density at radius 3 is 2.29 bits per heavy atom. The van der Waals surface area contributed by atoms with Gasteiger partial charge in [-0.2, -0.15) is 0 Å². The van der Waals surface area contributed by atoms with Crippen LogP contribution in [0.2, 0.25) is 0 Å². The van der Waals surface area contributed by atoms with Crippen LogP contribution >= 0.6 is 11.3 Å². The number of hydrogen-bond donors (Lipinski definition) is 2.